The van der Waals surface area contributed by atoms with Crippen molar-refractivity contribution >= 4 is 43.6 Å². The van der Waals surface area contributed by atoms with Gasteiger partial charge in [0.25, 0.3) is 0 Å². The van der Waals surface area contributed by atoms with Gasteiger partial charge in [0.15, 0.2) is 0 Å². The van der Waals surface area contributed by atoms with Gasteiger partial charge in [-0.3, -0.25) is 0 Å². The summed E-state index contributed by atoms with van der Waals surface area (Å²) in [6.07, 6.45) is 0. The molecule has 0 aliphatic carbocycles. The molecule has 186 valence electrons. The van der Waals surface area contributed by atoms with Gasteiger partial charge in [0, 0.05) is 38.4 Å². The fraction of sp³-hybridized carbons (Fsp3) is 0. The van der Waals surface area contributed by atoms with Gasteiger partial charge in [0.05, 0.1) is 39.4 Å². The van der Waals surface area contributed by atoms with Crippen molar-refractivity contribution in [1.29, 1.82) is 5.26 Å². The van der Waals surface area contributed by atoms with Crippen molar-refractivity contribution in [3.8, 4) is 28.6 Å². The van der Waals surface area contributed by atoms with E-state index in [9.17, 15) is 5.26 Å². The minimum Gasteiger partial charge on any atom is -0.309 e. The SMILES string of the molecule is N#Cc1ccccc1-c1ccccc1-n1c2ccccc2c2cc(-n3c4ccccc4c4ccccc43)ccc21. The molecule has 0 radical (unpaired) electrons. The molecule has 2 heterocycles. The molecule has 0 atom stereocenters. The normalized spacial score (nSPS) is 11.5. The summed E-state index contributed by atoms with van der Waals surface area (Å²) in [5.41, 5.74) is 9.50. The van der Waals surface area contributed by atoms with E-state index in [-0.39, 0.29) is 0 Å². The van der Waals surface area contributed by atoms with E-state index in [2.05, 4.69) is 124 Å². The lowest BCUT2D eigenvalue weighted by Crippen LogP contribution is -1.98. The molecule has 6 aromatic carbocycles. The largest absolute Gasteiger partial charge is 0.309 e. The Labute approximate surface area is 231 Å². The number of hydrogen-bond donors (Lipinski definition) is 0. The second kappa shape index (κ2) is 8.73. The summed E-state index contributed by atoms with van der Waals surface area (Å²) in [7, 11) is 0. The number of nitrogens with zero attached hydrogens (tertiary/aromatic N) is 3. The minimum absolute atomic E-state index is 0.671. The fourth-order valence-electron chi connectivity index (χ4n) is 6.27. The Morgan fingerprint density at radius 3 is 1.60 bits per heavy atom. The maximum absolute atomic E-state index is 9.86. The van der Waals surface area contributed by atoms with Crippen molar-refractivity contribution in [3.05, 3.63) is 145 Å². The first-order valence-electron chi connectivity index (χ1n) is 13.4. The maximum atomic E-state index is 9.86. The van der Waals surface area contributed by atoms with E-state index in [1.165, 1.54) is 32.6 Å². The van der Waals surface area contributed by atoms with E-state index in [1.54, 1.807) is 0 Å². The van der Waals surface area contributed by atoms with Crippen LogP contribution in [0.2, 0.25) is 0 Å². The topological polar surface area (TPSA) is 33.6 Å². The quantitative estimate of drug-likeness (QED) is 0.233. The van der Waals surface area contributed by atoms with Crippen LogP contribution in [0.15, 0.2) is 140 Å². The molecule has 0 amide bonds. The van der Waals surface area contributed by atoms with Gasteiger partial charge in [-0.1, -0.05) is 91.0 Å². The van der Waals surface area contributed by atoms with Crippen molar-refractivity contribution < 1.29 is 0 Å². The highest BCUT2D eigenvalue weighted by Crippen LogP contribution is 2.39. The van der Waals surface area contributed by atoms with Crippen molar-refractivity contribution in [1.82, 2.24) is 9.13 Å². The lowest BCUT2D eigenvalue weighted by molar-refractivity contribution is 1.17. The first kappa shape index (κ1) is 22.4. The monoisotopic (exact) mass is 509 g/mol. The van der Waals surface area contributed by atoms with Gasteiger partial charge in [-0.2, -0.15) is 5.26 Å². The average Bonchev–Trinajstić information content (AvgIpc) is 3.53. The molecular weight excluding hydrogens is 486 g/mol. The van der Waals surface area contributed by atoms with Crippen LogP contribution >= 0.6 is 0 Å². The molecule has 2 aromatic heterocycles. The molecule has 3 heteroatoms. The smallest absolute Gasteiger partial charge is 0.0998 e. The Morgan fingerprint density at radius 1 is 0.425 bits per heavy atom. The van der Waals surface area contributed by atoms with Gasteiger partial charge < -0.3 is 9.13 Å². The predicted octanol–water partition coefficient (Wildman–Crippen LogP) is 9.42. The second-order valence-electron chi connectivity index (χ2n) is 10.1. The van der Waals surface area contributed by atoms with Crippen molar-refractivity contribution in [2.24, 2.45) is 0 Å². The Kier molecular flexibility index (Phi) is 4.89. The molecule has 3 nitrogen and oxygen atoms in total. The first-order chi connectivity index (χ1) is 19.8. The summed E-state index contributed by atoms with van der Waals surface area (Å²) >= 11 is 0. The number of aromatic nitrogens is 2. The third-order valence-electron chi connectivity index (χ3n) is 7.98. The maximum Gasteiger partial charge on any atom is 0.0998 e. The predicted molar refractivity (Wildman–Crippen MR) is 165 cm³/mol. The van der Waals surface area contributed by atoms with Crippen LogP contribution in [0.5, 0.6) is 0 Å². The standard InChI is InChI=1S/C37H23N3/c38-24-25-11-1-2-12-27(25)28-13-3-9-19-35(28)40-36-20-10-6-16-31(36)32-23-26(21-22-37(32)40)39-33-17-7-4-14-29(33)30-15-5-8-18-34(30)39/h1-23H. The molecule has 8 aromatic rings. The van der Waals surface area contributed by atoms with Crippen LogP contribution in [-0.4, -0.2) is 9.13 Å². The summed E-state index contributed by atoms with van der Waals surface area (Å²) < 4.78 is 4.71. The molecule has 0 N–H and O–H groups in total. The lowest BCUT2D eigenvalue weighted by atomic mass is 9.98. The van der Waals surface area contributed by atoms with Crippen LogP contribution in [0.25, 0.3) is 66.1 Å². The zero-order valence-electron chi connectivity index (χ0n) is 21.6. The van der Waals surface area contributed by atoms with Gasteiger partial charge in [-0.05, 0) is 48.5 Å². The summed E-state index contributed by atoms with van der Waals surface area (Å²) in [5.74, 6) is 0. The van der Waals surface area contributed by atoms with Crippen LogP contribution in [0, 0.1) is 11.3 Å². The van der Waals surface area contributed by atoms with Crippen LogP contribution in [-0.2, 0) is 0 Å². The molecule has 0 saturated carbocycles. The number of para-hydroxylation sites is 4. The number of benzene rings is 6. The Morgan fingerprint density at radius 2 is 0.925 bits per heavy atom. The highest BCUT2D eigenvalue weighted by Gasteiger charge is 2.18. The Hall–Kier alpha value is -5.59. The van der Waals surface area contributed by atoms with Crippen LogP contribution in [0.4, 0.5) is 0 Å². The summed E-state index contributed by atoms with van der Waals surface area (Å²) in [4.78, 5) is 0. The number of fused-ring (bicyclic) bond motifs is 6. The zero-order valence-corrected chi connectivity index (χ0v) is 21.6. The highest BCUT2D eigenvalue weighted by molar-refractivity contribution is 6.12. The van der Waals surface area contributed by atoms with Crippen LogP contribution < -0.4 is 0 Å². The van der Waals surface area contributed by atoms with E-state index < -0.39 is 0 Å². The van der Waals surface area contributed by atoms with E-state index in [0.29, 0.717) is 5.56 Å². The molecule has 0 spiro atoms. The first-order valence-corrected chi connectivity index (χ1v) is 13.4. The fourth-order valence-corrected chi connectivity index (χ4v) is 6.27. The van der Waals surface area contributed by atoms with E-state index >= 15 is 0 Å². The van der Waals surface area contributed by atoms with Gasteiger partial charge in [-0.15, -0.1) is 0 Å². The molecule has 40 heavy (non-hydrogen) atoms. The average molecular weight is 510 g/mol. The van der Waals surface area contributed by atoms with Crippen LogP contribution in [0.3, 0.4) is 0 Å². The van der Waals surface area contributed by atoms with E-state index in [1.807, 2.05) is 30.3 Å². The molecule has 0 aliphatic rings. The molecular formula is C37H23N3. The molecule has 0 bridgehead atoms. The summed E-state index contributed by atoms with van der Waals surface area (Å²) in [6.45, 7) is 0. The lowest BCUT2D eigenvalue weighted by Gasteiger charge is -2.15. The van der Waals surface area contributed by atoms with Gasteiger partial charge in [-0.25, -0.2) is 0 Å². The highest BCUT2D eigenvalue weighted by atomic mass is 15.0. The minimum atomic E-state index is 0.671. The van der Waals surface area contributed by atoms with Gasteiger partial charge in [0.2, 0.25) is 0 Å². The third-order valence-corrected chi connectivity index (χ3v) is 7.98. The second-order valence-corrected chi connectivity index (χ2v) is 10.1. The molecule has 8 rings (SSSR count). The molecule has 0 fully saturated rings. The number of nitriles is 1. The van der Waals surface area contributed by atoms with E-state index in [4.69, 9.17) is 0 Å². The Balaban J connectivity index is 1.44. The summed E-state index contributed by atoms with van der Waals surface area (Å²) in [5, 5.41) is 14.8. The van der Waals surface area contributed by atoms with Gasteiger partial charge in [0.1, 0.15) is 0 Å². The number of rotatable bonds is 3. The zero-order chi connectivity index (χ0) is 26.6. The van der Waals surface area contributed by atoms with Crippen molar-refractivity contribution in [3.63, 3.8) is 0 Å². The molecule has 0 aliphatic heterocycles. The van der Waals surface area contributed by atoms with Crippen LogP contribution in [0.1, 0.15) is 5.56 Å². The van der Waals surface area contributed by atoms with Crippen molar-refractivity contribution in [2.45, 2.75) is 0 Å². The Bertz CT molecular complexity index is 2240. The molecule has 0 saturated heterocycles. The van der Waals surface area contributed by atoms with Gasteiger partial charge >= 0.3 is 0 Å². The number of hydrogen-bond acceptors (Lipinski definition) is 1. The summed E-state index contributed by atoms with van der Waals surface area (Å²) in [6, 6.07) is 51.2. The third kappa shape index (κ3) is 3.17. The molecule has 0 unspecified atom stereocenters. The van der Waals surface area contributed by atoms with E-state index in [0.717, 1.165) is 33.5 Å². The van der Waals surface area contributed by atoms with Crippen molar-refractivity contribution in [2.75, 3.05) is 0 Å².